The summed E-state index contributed by atoms with van der Waals surface area (Å²) in [6, 6.07) is 16.4. The lowest BCUT2D eigenvalue weighted by Gasteiger charge is -2.32. The number of nitro benzene ring substituents is 1. The van der Waals surface area contributed by atoms with Gasteiger partial charge in [0.05, 0.1) is 11.0 Å². The molecule has 0 bridgehead atoms. The maximum absolute atomic E-state index is 12.6. The highest BCUT2D eigenvalue weighted by atomic mass is 16.6. The van der Waals surface area contributed by atoms with Crippen molar-refractivity contribution in [2.75, 3.05) is 6.54 Å². The van der Waals surface area contributed by atoms with E-state index >= 15 is 0 Å². The van der Waals surface area contributed by atoms with Crippen LogP contribution in [0.25, 0.3) is 11.1 Å². The highest BCUT2D eigenvalue weighted by Gasteiger charge is 2.33. The Morgan fingerprint density at radius 1 is 1.19 bits per heavy atom. The number of nitrogens with zero attached hydrogens (tertiary/aromatic N) is 2. The molecule has 138 valence electrons. The molecule has 0 radical (unpaired) electrons. The van der Waals surface area contributed by atoms with Crippen molar-refractivity contribution in [1.29, 1.82) is 5.26 Å². The molecule has 1 N–H and O–H groups in total. The predicted octanol–water partition coefficient (Wildman–Crippen LogP) is 4.18. The molecule has 0 saturated heterocycles. The summed E-state index contributed by atoms with van der Waals surface area (Å²) in [5.41, 5.74) is 2.79. The van der Waals surface area contributed by atoms with E-state index in [1.807, 2.05) is 36.4 Å². The van der Waals surface area contributed by atoms with Crippen molar-refractivity contribution < 1.29 is 9.72 Å². The minimum Gasteiger partial charge on any atom is -0.343 e. The van der Waals surface area contributed by atoms with E-state index in [0.717, 1.165) is 42.4 Å². The van der Waals surface area contributed by atoms with Gasteiger partial charge in [0.1, 0.15) is 6.54 Å². The molecule has 0 aromatic heterocycles. The number of rotatable bonds is 5. The number of nitriles is 1. The van der Waals surface area contributed by atoms with Gasteiger partial charge in [-0.25, -0.2) is 0 Å². The molecule has 0 aliphatic heterocycles. The Kier molecular flexibility index (Phi) is 5.82. The van der Waals surface area contributed by atoms with Gasteiger partial charge in [0.25, 0.3) is 5.69 Å². The summed E-state index contributed by atoms with van der Waals surface area (Å²) < 4.78 is 0. The second-order valence-corrected chi connectivity index (χ2v) is 6.77. The molecule has 6 heteroatoms. The quantitative estimate of drug-likeness (QED) is 0.490. The molecule has 1 amide bonds. The van der Waals surface area contributed by atoms with Crippen molar-refractivity contribution >= 4 is 11.6 Å². The number of amides is 1. The maximum Gasteiger partial charge on any atom is 0.270 e. The number of non-ortho nitro benzene ring substituents is 1. The number of nitrogens with one attached hydrogen (secondary N) is 1. The van der Waals surface area contributed by atoms with Crippen LogP contribution < -0.4 is 5.32 Å². The lowest BCUT2D eigenvalue weighted by atomic mass is 9.73. The van der Waals surface area contributed by atoms with Crippen molar-refractivity contribution in [1.82, 2.24) is 5.32 Å². The Balaban J connectivity index is 1.99. The zero-order valence-corrected chi connectivity index (χ0v) is 14.9. The molecule has 2 aromatic rings. The van der Waals surface area contributed by atoms with Crippen molar-refractivity contribution in [2.24, 2.45) is 5.92 Å². The number of nitro groups is 1. The van der Waals surface area contributed by atoms with Crippen LogP contribution in [0.3, 0.4) is 0 Å². The summed E-state index contributed by atoms with van der Waals surface area (Å²) in [6.07, 6.45) is 3.69. The van der Waals surface area contributed by atoms with Gasteiger partial charge in [-0.1, -0.05) is 49.2 Å². The average Bonchev–Trinajstić information content (AvgIpc) is 2.72. The normalized spacial score (nSPS) is 19.1. The van der Waals surface area contributed by atoms with Crippen LogP contribution in [0.2, 0.25) is 0 Å². The van der Waals surface area contributed by atoms with Crippen LogP contribution in [-0.4, -0.2) is 17.4 Å². The zero-order chi connectivity index (χ0) is 19.2. The van der Waals surface area contributed by atoms with Crippen LogP contribution in [0.1, 0.15) is 37.2 Å². The Morgan fingerprint density at radius 2 is 1.96 bits per heavy atom. The van der Waals surface area contributed by atoms with E-state index in [2.05, 4.69) is 5.32 Å². The zero-order valence-electron chi connectivity index (χ0n) is 14.9. The number of hydrogen-bond acceptors (Lipinski definition) is 4. The van der Waals surface area contributed by atoms with Gasteiger partial charge in [0, 0.05) is 18.1 Å². The fourth-order valence-corrected chi connectivity index (χ4v) is 3.94. The van der Waals surface area contributed by atoms with Crippen LogP contribution in [0.4, 0.5) is 5.69 Å². The largest absolute Gasteiger partial charge is 0.343 e. The molecule has 3 rings (SSSR count). The van der Waals surface area contributed by atoms with E-state index in [0.29, 0.717) is 0 Å². The Labute approximate surface area is 158 Å². The summed E-state index contributed by atoms with van der Waals surface area (Å²) in [4.78, 5) is 23.3. The smallest absolute Gasteiger partial charge is 0.270 e. The third-order valence-corrected chi connectivity index (χ3v) is 5.17. The van der Waals surface area contributed by atoms with Gasteiger partial charge >= 0.3 is 0 Å². The molecule has 1 saturated carbocycles. The first kappa shape index (κ1) is 18.6. The molecule has 2 atom stereocenters. The standard InChI is InChI=1S/C21H21N3O3/c22-12-13-23-21(25)20-11-4-3-10-19(20)18-9-2-1-8-17(18)15-6-5-7-16(14-15)24(26)27/h1-2,5-9,14,19-20H,3-4,10-11,13H2,(H,23,25)/t19?,20-/m1/s1. The average molecular weight is 363 g/mol. The third kappa shape index (κ3) is 4.14. The fourth-order valence-electron chi connectivity index (χ4n) is 3.94. The van der Waals surface area contributed by atoms with Gasteiger partial charge in [-0.15, -0.1) is 0 Å². The van der Waals surface area contributed by atoms with Crippen LogP contribution >= 0.6 is 0 Å². The van der Waals surface area contributed by atoms with Crippen molar-refractivity contribution in [3.05, 3.63) is 64.2 Å². The minimum absolute atomic E-state index is 0.00851. The SMILES string of the molecule is N#CCNC(=O)[C@@H]1CCCCC1c1ccccc1-c1cccc([N+](=O)[O-])c1. The molecule has 1 aliphatic rings. The lowest BCUT2D eigenvalue weighted by Crippen LogP contribution is -2.36. The summed E-state index contributed by atoms with van der Waals surface area (Å²) in [6.45, 7) is 0.00851. The summed E-state index contributed by atoms with van der Waals surface area (Å²) in [7, 11) is 0. The molecule has 2 aromatic carbocycles. The highest BCUT2D eigenvalue weighted by molar-refractivity contribution is 5.81. The molecular formula is C21H21N3O3. The number of hydrogen-bond donors (Lipinski definition) is 1. The van der Waals surface area contributed by atoms with E-state index in [9.17, 15) is 14.9 Å². The molecule has 0 heterocycles. The molecule has 0 spiro atoms. The third-order valence-electron chi connectivity index (χ3n) is 5.17. The molecule has 6 nitrogen and oxygen atoms in total. The molecule has 1 fully saturated rings. The van der Waals surface area contributed by atoms with Gasteiger partial charge in [-0.3, -0.25) is 14.9 Å². The van der Waals surface area contributed by atoms with Gasteiger partial charge in [-0.05, 0) is 35.4 Å². The Bertz CT molecular complexity index is 888. The monoisotopic (exact) mass is 363 g/mol. The Morgan fingerprint density at radius 3 is 2.74 bits per heavy atom. The van der Waals surface area contributed by atoms with Gasteiger partial charge in [-0.2, -0.15) is 5.26 Å². The summed E-state index contributed by atoms with van der Waals surface area (Å²) in [5, 5.41) is 22.6. The number of carbonyl (C=O) groups is 1. The Hall–Kier alpha value is -3.20. The highest BCUT2D eigenvalue weighted by Crippen LogP contribution is 2.42. The van der Waals surface area contributed by atoms with Gasteiger partial charge in [0.15, 0.2) is 0 Å². The second-order valence-electron chi connectivity index (χ2n) is 6.77. The first-order valence-electron chi connectivity index (χ1n) is 9.10. The van der Waals surface area contributed by atoms with E-state index in [4.69, 9.17) is 5.26 Å². The predicted molar refractivity (Wildman–Crippen MR) is 102 cm³/mol. The first-order valence-corrected chi connectivity index (χ1v) is 9.10. The summed E-state index contributed by atoms with van der Waals surface area (Å²) >= 11 is 0. The van der Waals surface area contributed by atoms with E-state index in [1.54, 1.807) is 12.1 Å². The van der Waals surface area contributed by atoms with Crippen LogP contribution in [0, 0.1) is 27.4 Å². The summed E-state index contributed by atoms with van der Waals surface area (Å²) in [5.74, 6) is -0.241. The number of carbonyl (C=O) groups excluding carboxylic acids is 1. The van der Waals surface area contributed by atoms with Crippen molar-refractivity contribution in [3.63, 3.8) is 0 Å². The lowest BCUT2D eigenvalue weighted by molar-refractivity contribution is -0.384. The van der Waals surface area contributed by atoms with Gasteiger partial charge < -0.3 is 5.32 Å². The maximum atomic E-state index is 12.6. The molecule has 27 heavy (non-hydrogen) atoms. The molecule has 1 aliphatic carbocycles. The first-order chi connectivity index (χ1) is 13.1. The van der Waals surface area contributed by atoms with E-state index in [-0.39, 0.29) is 30.0 Å². The van der Waals surface area contributed by atoms with Crippen LogP contribution in [0.15, 0.2) is 48.5 Å². The van der Waals surface area contributed by atoms with Crippen molar-refractivity contribution in [2.45, 2.75) is 31.6 Å². The van der Waals surface area contributed by atoms with Crippen LogP contribution in [-0.2, 0) is 4.79 Å². The number of benzene rings is 2. The van der Waals surface area contributed by atoms with E-state index < -0.39 is 4.92 Å². The molecular weight excluding hydrogens is 342 g/mol. The van der Waals surface area contributed by atoms with Crippen LogP contribution in [0.5, 0.6) is 0 Å². The topological polar surface area (TPSA) is 96.0 Å². The van der Waals surface area contributed by atoms with E-state index in [1.165, 1.54) is 6.07 Å². The van der Waals surface area contributed by atoms with Crippen molar-refractivity contribution in [3.8, 4) is 17.2 Å². The molecule has 1 unspecified atom stereocenters. The fraction of sp³-hybridized carbons (Fsp3) is 0.333. The second kappa shape index (κ2) is 8.45. The van der Waals surface area contributed by atoms with Gasteiger partial charge in [0.2, 0.25) is 5.91 Å². The minimum atomic E-state index is -0.398.